The Morgan fingerprint density at radius 1 is 1.41 bits per heavy atom. The Morgan fingerprint density at radius 2 is 2.29 bits per heavy atom. The molecule has 0 radical (unpaired) electrons. The average Bonchev–Trinajstić information content (AvgIpc) is 2.33. The third kappa shape index (κ3) is 2.23. The maximum atomic E-state index is 5.32. The van der Waals surface area contributed by atoms with Gasteiger partial charge in [0, 0.05) is 33.3 Å². The Hall–Kier alpha value is -0.900. The van der Waals surface area contributed by atoms with Crippen LogP contribution in [0.5, 0.6) is 0 Å². The number of fused-ring (bicyclic) bond motifs is 1. The molecular formula is C14H20N2O. The number of hydrogen-bond donors (Lipinski definition) is 1. The monoisotopic (exact) mass is 232 g/mol. The molecule has 1 saturated heterocycles. The molecule has 0 saturated carbocycles. The number of methoxy groups -OCH3 is 1. The van der Waals surface area contributed by atoms with E-state index in [0.717, 1.165) is 32.7 Å². The zero-order valence-electron chi connectivity index (χ0n) is 10.4. The molecule has 1 aromatic carbocycles. The number of likely N-dealkylation sites (tertiary alicyclic amines) is 1. The van der Waals surface area contributed by atoms with Crippen molar-refractivity contribution in [3.8, 4) is 0 Å². The first-order valence-electron chi connectivity index (χ1n) is 6.42. The Kier molecular flexibility index (Phi) is 3.14. The van der Waals surface area contributed by atoms with Gasteiger partial charge in [-0.25, -0.2) is 0 Å². The molecule has 17 heavy (non-hydrogen) atoms. The molecule has 0 atom stereocenters. The predicted octanol–water partition coefficient (Wildman–Crippen LogP) is 1.16. The van der Waals surface area contributed by atoms with Gasteiger partial charge in [-0.1, -0.05) is 18.2 Å². The first kappa shape index (κ1) is 11.2. The van der Waals surface area contributed by atoms with E-state index < -0.39 is 0 Å². The summed E-state index contributed by atoms with van der Waals surface area (Å²) in [5.74, 6) is 0. The van der Waals surface area contributed by atoms with E-state index in [-0.39, 0.29) is 0 Å². The Balaban J connectivity index is 1.71. The molecular weight excluding hydrogens is 212 g/mol. The number of nitrogens with one attached hydrogen (secondary N) is 1. The van der Waals surface area contributed by atoms with Gasteiger partial charge >= 0.3 is 0 Å². The molecule has 0 aliphatic carbocycles. The van der Waals surface area contributed by atoms with Gasteiger partial charge in [0.1, 0.15) is 0 Å². The molecule has 0 spiro atoms. The molecule has 0 bridgehead atoms. The highest BCUT2D eigenvalue weighted by molar-refractivity contribution is 5.37. The minimum atomic E-state index is 0.455. The predicted molar refractivity (Wildman–Crippen MR) is 67.9 cm³/mol. The smallest absolute Gasteiger partial charge is 0.0825 e. The van der Waals surface area contributed by atoms with Crippen LogP contribution in [0.1, 0.15) is 16.7 Å². The van der Waals surface area contributed by atoms with E-state index in [1.165, 1.54) is 17.5 Å². The molecule has 1 aromatic rings. The van der Waals surface area contributed by atoms with E-state index in [0.29, 0.717) is 6.10 Å². The number of hydrogen-bond acceptors (Lipinski definition) is 3. The van der Waals surface area contributed by atoms with Gasteiger partial charge in [-0.05, 0) is 29.7 Å². The van der Waals surface area contributed by atoms with Gasteiger partial charge in [-0.3, -0.25) is 4.90 Å². The number of ether oxygens (including phenoxy) is 1. The van der Waals surface area contributed by atoms with Crippen LogP contribution in [0.4, 0.5) is 0 Å². The minimum absolute atomic E-state index is 0.455. The van der Waals surface area contributed by atoms with Gasteiger partial charge in [0.05, 0.1) is 6.10 Å². The highest BCUT2D eigenvalue weighted by atomic mass is 16.5. The average molecular weight is 232 g/mol. The lowest BCUT2D eigenvalue weighted by molar-refractivity contribution is -0.0335. The standard InChI is InChI=1S/C14H20N2O/c1-17-13-9-16(10-13)8-12-4-2-3-11-7-15-6-5-14(11)12/h2-4,13,15H,5-10H2,1H3. The van der Waals surface area contributed by atoms with Crippen LogP contribution in [0.15, 0.2) is 18.2 Å². The highest BCUT2D eigenvalue weighted by Gasteiger charge is 2.27. The number of rotatable bonds is 3. The van der Waals surface area contributed by atoms with Gasteiger partial charge in [-0.15, -0.1) is 0 Å². The first-order chi connectivity index (χ1) is 8.36. The van der Waals surface area contributed by atoms with Crippen molar-refractivity contribution in [1.82, 2.24) is 10.2 Å². The largest absolute Gasteiger partial charge is 0.379 e. The summed E-state index contributed by atoms with van der Waals surface area (Å²) in [5, 5.41) is 3.43. The van der Waals surface area contributed by atoms with Crippen LogP contribution in [0, 0.1) is 0 Å². The third-order valence-corrected chi connectivity index (χ3v) is 3.89. The minimum Gasteiger partial charge on any atom is -0.379 e. The van der Waals surface area contributed by atoms with Crippen molar-refractivity contribution in [2.45, 2.75) is 25.6 Å². The van der Waals surface area contributed by atoms with Crippen molar-refractivity contribution in [2.24, 2.45) is 0 Å². The highest BCUT2D eigenvalue weighted by Crippen LogP contribution is 2.22. The van der Waals surface area contributed by atoms with Crippen LogP contribution >= 0.6 is 0 Å². The van der Waals surface area contributed by atoms with E-state index >= 15 is 0 Å². The number of benzene rings is 1. The zero-order chi connectivity index (χ0) is 11.7. The summed E-state index contributed by atoms with van der Waals surface area (Å²) in [7, 11) is 1.80. The van der Waals surface area contributed by atoms with E-state index in [1.54, 1.807) is 12.7 Å². The molecule has 2 aliphatic rings. The number of nitrogens with zero attached hydrogens (tertiary/aromatic N) is 1. The van der Waals surface area contributed by atoms with Crippen molar-refractivity contribution in [3.63, 3.8) is 0 Å². The fraction of sp³-hybridized carbons (Fsp3) is 0.571. The van der Waals surface area contributed by atoms with Crippen LogP contribution in [0.3, 0.4) is 0 Å². The molecule has 1 fully saturated rings. The lowest BCUT2D eigenvalue weighted by atomic mass is 9.94. The lowest BCUT2D eigenvalue weighted by Gasteiger charge is -2.38. The summed E-state index contributed by atoms with van der Waals surface area (Å²) in [4.78, 5) is 2.46. The summed E-state index contributed by atoms with van der Waals surface area (Å²) in [6.45, 7) is 5.40. The Labute approximate surface area is 103 Å². The summed E-state index contributed by atoms with van der Waals surface area (Å²) in [6.07, 6.45) is 1.63. The second-order valence-electron chi connectivity index (χ2n) is 5.03. The topological polar surface area (TPSA) is 24.5 Å². The fourth-order valence-electron chi connectivity index (χ4n) is 2.80. The van der Waals surface area contributed by atoms with Gasteiger partial charge in [0.15, 0.2) is 0 Å². The quantitative estimate of drug-likeness (QED) is 0.846. The van der Waals surface area contributed by atoms with E-state index in [4.69, 9.17) is 4.74 Å². The summed E-state index contributed by atoms with van der Waals surface area (Å²) in [5.41, 5.74) is 4.57. The molecule has 0 amide bonds. The maximum absolute atomic E-state index is 5.32. The van der Waals surface area contributed by atoms with Gasteiger partial charge in [0.2, 0.25) is 0 Å². The second kappa shape index (κ2) is 4.77. The van der Waals surface area contributed by atoms with Gasteiger partial charge in [0.25, 0.3) is 0 Å². The Bertz CT molecular complexity index is 399. The summed E-state index contributed by atoms with van der Waals surface area (Å²) in [6, 6.07) is 6.72. The molecule has 0 aromatic heterocycles. The first-order valence-corrected chi connectivity index (χ1v) is 6.42. The van der Waals surface area contributed by atoms with Crippen molar-refractivity contribution in [2.75, 3.05) is 26.7 Å². The molecule has 1 N–H and O–H groups in total. The second-order valence-corrected chi connectivity index (χ2v) is 5.03. The summed E-state index contributed by atoms with van der Waals surface area (Å²) >= 11 is 0. The van der Waals surface area contributed by atoms with Crippen LogP contribution in [-0.4, -0.2) is 37.7 Å². The van der Waals surface area contributed by atoms with Crippen LogP contribution < -0.4 is 5.32 Å². The van der Waals surface area contributed by atoms with E-state index in [2.05, 4.69) is 28.4 Å². The molecule has 0 unspecified atom stereocenters. The molecule has 2 heterocycles. The molecule has 3 heteroatoms. The van der Waals surface area contributed by atoms with Crippen molar-refractivity contribution >= 4 is 0 Å². The fourth-order valence-corrected chi connectivity index (χ4v) is 2.80. The van der Waals surface area contributed by atoms with E-state index in [1.807, 2.05) is 0 Å². The SMILES string of the molecule is COC1CN(Cc2cccc3c2CCNC3)C1. The molecule has 92 valence electrons. The zero-order valence-corrected chi connectivity index (χ0v) is 10.4. The van der Waals surface area contributed by atoms with Crippen LogP contribution in [0.25, 0.3) is 0 Å². The Morgan fingerprint density at radius 3 is 3.12 bits per heavy atom. The molecule has 3 rings (SSSR count). The van der Waals surface area contributed by atoms with Gasteiger partial charge in [-0.2, -0.15) is 0 Å². The van der Waals surface area contributed by atoms with Crippen molar-refractivity contribution < 1.29 is 4.74 Å². The molecule has 3 nitrogen and oxygen atoms in total. The molecule has 2 aliphatic heterocycles. The van der Waals surface area contributed by atoms with Crippen molar-refractivity contribution in [3.05, 3.63) is 34.9 Å². The lowest BCUT2D eigenvalue weighted by Crippen LogP contribution is -2.51. The van der Waals surface area contributed by atoms with Gasteiger partial charge < -0.3 is 10.1 Å². The maximum Gasteiger partial charge on any atom is 0.0825 e. The van der Waals surface area contributed by atoms with Crippen LogP contribution in [-0.2, 0) is 24.2 Å². The normalized spacial score (nSPS) is 21.0. The van der Waals surface area contributed by atoms with E-state index in [9.17, 15) is 0 Å². The summed E-state index contributed by atoms with van der Waals surface area (Å²) < 4.78 is 5.32. The van der Waals surface area contributed by atoms with Crippen molar-refractivity contribution in [1.29, 1.82) is 0 Å². The third-order valence-electron chi connectivity index (χ3n) is 3.89. The van der Waals surface area contributed by atoms with Crippen LogP contribution in [0.2, 0.25) is 0 Å².